The Bertz CT molecular complexity index is 1240. The van der Waals surface area contributed by atoms with E-state index in [1.54, 1.807) is 0 Å². The van der Waals surface area contributed by atoms with Crippen LogP contribution in [0.3, 0.4) is 0 Å². The Morgan fingerprint density at radius 2 is 1.44 bits per heavy atom. The maximum absolute atomic E-state index is 11.8. The molecule has 11 heteroatoms. The summed E-state index contributed by atoms with van der Waals surface area (Å²) >= 11 is 0. The van der Waals surface area contributed by atoms with Crippen molar-refractivity contribution in [1.29, 1.82) is 0 Å². The molecule has 0 N–H and O–H groups in total. The first-order valence-corrected chi connectivity index (χ1v) is 14.7. The third-order valence-corrected chi connectivity index (χ3v) is 8.15. The summed E-state index contributed by atoms with van der Waals surface area (Å²) < 4.78 is 36.6. The van der Waals surface area contributed by atoms with Crippen molar-refractivity contribution in [1.82, 2.24) is 0 Å². The first-order valence-electron chi connectivity index (χ1n) is 14.7. The molecule has 0 aromatic heterocycles. The van der Waals surface area contributed by atoms with Crippen molar-refractivity contribution in [3.63, 3.8) is 0 Å². The lowest BCUT2D eigenvalue weighted by atomic mass is 9.82. The van der Waals surface area contributed by atoms with E-state index in [0.717, 1.165) is 11.1 Å². The van der Waals surface area contributed by atoms with Crippen LogP contribution in [0.15, 0.2) is 65.8 Å². The molecular formula is C32H41N3O8. The van der Waals surface area contributed by atoms with Crippen molar-refractivity contribution in [2.45, 2.75) is 90.7 Å². The Morgan fingerprint density at radius 3 is 2.05 bits per heavy atom. The van der Waals surface area contributed by atoms with E-state index < -0.39 is 48.7 Å². The highest BCUT2D eigenvalue weighted by molar-refractivity contribution is 5.66. The van der Waals surface area contributed by atoms with Crippen LogP contribution in [0, 0.1) is 17.8 Å². The van der Waals surface area contributed by atoms with Gasteiger partial charge >= 0.3 is 11.9 Å². The second-order valence-electron chi connectivity index (χ2n) is 11.3. The van der Waals surface area contributed by atoms with Crippen LogP contribution in [0.25, 0.3) is 10.4 Å². The van der Waals surface area contributed by atoms with E-state index in [1.165, 1.54) is 13.8 Å². The van der Waals surface area contributed by atoms with E-state index in [4.69, 9.17) is 28.4 Å². The SMILES string of the molecule is CC(=O)OCC1OC(OC(C)=O)C(N=[N+]=[N-])[C@@H](C)[C@@H]1O[C@@H]1OC(Cc2ccccc2)[C@@H](C)[C@@H](OCc2ccccc2)C1C. The van der Waals surface area contributed by atoms with Gasteiger partial charge in [-0.3, -0.25) is 9.59 Å². The molecule has 232 valence electrons. The van der Waals surface area contributed by atoms with Crippen molar-refractivity contribution < 1.29 is 38.0 Å². The summed E-state index contributed by atoms with van der Waals surface area (Å²) in [5, 5.41) is 3.88. The van der Waals surface area contributed by atoms with Gasteiger partial charge in [-0.05, 0) is 29.0 Å². The van der Waals surface area contributed by atoms with Crippen molar-refractivity contribution in [3.8, 4) is 0 Å². The number of esters is 2. The fraction of sp³-hybridized carbons (Fsp3) is 0.562. The van der Waals surface area contributed by atoms with Gasteiger partial charge in [0.25, 0.3) is 0 Å². The number of hydrogen-bond acceptors (Lipinski definition) is 9. The van der Waals surface area contributed by atoms with Gasteiger partial charge in [-0.1, -0.05) is 86.5 Å². The average Bonchev–Trinajstić information content (AvgIpc) is 2.98. The summed E-state index contributed by atoms with van der Waals surface area (Å²) in [4.78, 5) is 26.5. The summed E-state index contributed by atoms with van der Waals surface area (Å²) in [6, 6.07) is 19.2. The standard InChI is InChI=1S/C32H41N3O8/c1-19-26(16-24-12-8-6-9-13-24)41-31(21(3)29(19)39-17-25-14-10-7-11-15-25)43-30-20(2)28(34-35-33)32(40-23(5)37)42-27(30)18-38-22(4)36/h6-15,19-21,26-32H,16-18H2,1-5H3/t19-,20-,21?,26?,27?,28?,29-,30+,31+,32?/m1/s1. The van der Waals surface area contributed by atoms with Crippen LogP contribution in [0.1, 0.15) is 45.7 Å². The fourth-order valence-electron chi connectivity index (χ4n) is 5.86. The van der Waals surface area contributed by atoms with E-state index in [1.807, 2.05) is 62.4 Å². The molecular weight excluding hydrogens is 554 g/mol. The topological polar surface area (TPSA) is 138 Å². The predicted molar refractivity (Wildman–Crippen MR) is 156 cm³/mol. The third-order valence-electron chi connectivity index (χ3n) is 8.15. The van der Waals surface area contributed by atoms with Gasteiger partial charge in [-0.15, -0.1) is 0 Å². The van der Waals surface area contributed by atoms with Crippen LogP contribution in [0.4, 0.5) is 0 Å². The molecule has 10 atom stereocenters. The quantitative estimate of drug-likeness (QED) is 0.146. The number of hydrogen-bond donors (Lipinski definition) is 0. The molecule has 11 nitrogen and oxygen atoms in total. The second-order valence-corrected chi connectivity index (χ2v) is 11.3. The molecule has 43 heavy (non-hydrogen) atoms. The number of benzene rings is 2. The molecule has 0 amide bonds. The Morgan fingerprint density at radius 1 is 0.814 bits per heavy atom. The lowest BCUT2D eigenvalue weighted by Crippen LogP contribution is -2.59. The van der Waals surface area contributed by atoms with E-state index >= 15 is 0 Å². The molecule has 2 aromatic rings. The zero-order chi connectivity index (χ0) is 30.9. The van der Waals surface area contributed by atoms with Crippen LogP contribution in [-0.4, -0.2) is 61.6 Å². The largest absolute Gasteiger partial charge is 0.463 e. The minimum Gasteiger partial charge on any atom is -0.463 e. The lowest BCUT2D eigenvalue weighted by Gasteiger charge is -2.48. The zero-order valence-corrected chi connectivity index (χ0v) is 25.3. The van der Waals surface area contributed by atoms with Gasteiger partial charge in [0.1, 0.15) is 18.8 Å². The van der Waals surface area contributed by atoms with Crippen LogP contribution in [-0.2, 0) is 51.0 Å². The van der Waals surface area contributed by atoms with E-state index in [-0.39, 0.29) is 30.7 Å². The molecule has 0 bridgehead atoms. The minimum absolute atomic E-state index is 0.0416. The first-order chi connectivity index (χ1) is 20.7. The van der Waals surface area contributed by atoms with Gasteiger partial charge in [0.15, 0.2) is 6.29 Å². The van der Waals surface area contributed by atoms with Gasteiger partial charge in [-0.2, -0.15) is 0 Å². The Kier molecular flexibility index (Phi) is 11.6. The Hall–Kier alpha value is -3.47. The smallest absolute Gasteiger partial charge is 0.304 e. The molecule has 5 unspecified atom stereocenters. The van der Waals surface area contributed by atoms with Gasteiger partial charge in [-0.25, -0.2) is 0 Å². The van der Waals surface area contributed by atoms with E-state index in [9.17, 15) is 15.1 Å². The third kappa shape index (κ3) is 8.55. The maximum Gasteiger partial charge on any atom is 0.304 e. The molecule has 4 rings (SSSR count). The average molecular weight is 596 g/mol. The molecule has 0 aliphatic carbocycles. The minimum atomic E-state index is -1.17. The number of carbonyl (C=O) groups excluding carboxylic acids is 2. The van der Waals surface area contributed by atoms with Gasteiger partial charge in [0.2, 0.25) is 6.29 Å². The molecule has 2 heterocycles. The molecule has 2 saturated heterocycles. The zero-order valence-electron chi connectivity index (χ0n) is 25.3. The molecule has 0 spiro atoms. The monoisotopic (exact) mass is 595 g/mol. The number of ether oxygens (including phenoxy) is 6. The van der Waals surface area contributed by atoms with Gasteiger partial charge in [0, 0.05) is 30.6 Å². The lowest BCUT2D eigenvalue weighted by molar-refractivity contribution is -0.323. The summed E-state index contributed by atoms with van der Waals surface area (Å²) in [6.07, 6.45) is -3.21. The molecule has 2 aromatic carbocycles. The van der Waals surface area contributed by atoms with Crippen molar-refractivity contribution >= 4 is 11.9 Å². The maximum atomic E-state index is 11.8. The predicted octanol–water partition coefficient (Wildman–Crippen LogP) is 5.36. The van der Waals surface area contributed by atoms with Gasteiger partial charge < -0.3 is 28.4 Å². The molecule has 2 aliphatic heterocycles. The highest BCUT2D eigenvalue weighted by Gasteiger charge is 2.50. The summed E-state index contributed by atoms with van der Waals surface area (Å²) in [7, 11) is 0. The number of azide groups is 1. The van der Waals surface area contributed by atoms with E-state index in [0.29, 0.717) is 13.0 Å². The normalized spacial score (nSPS) is 32.3. The fourth-order valence-corrected chi connectivity index (χ4v) is 5.86. The number of rotatable bonds is 11. The first kappa shape index (κ1) is 32.4. The molecule has 0 saturated carbocycles. The van der Waals surface area contributed by atoms with Crippen LogP contribution >= 0.6 is 0 Å². The Balaban J connectivity index is 1.61. The van der Waals surface area contributed by atoms with Gasteiger partial charge in [0.05, 0.1) is 24.9 Å². The second kappa shape index (κ2) is 15.3. The van der Waals surface area contributed by atoms with Crippen LogP contribution in [0.5, 0.6) is 0 Å². The van der Waals surface area contributed by atoms with Crippen LogP contribution in [0.2, 0.25) is 0 Å². The van der Waals surface area contributed by atoms with Crippen molar-refractivity contribution in [2.75, 3.05) is 6.61 Å². The number of carbonyl (C=O) groups is 2. The van der Waals surface area contributed by atoms with Crippen molar-refractivity contribution in [3.05, 3.63) is 82.2 Å². The van der Waals surface area contributed by atoms with E-state index in [2.05, 4.69) is 29.1 Å². The molecule has 2 aliphatic rings. The highest BCUT2D eigenvalue weighted by atomic mass is 16.7. The molecule has 0 radical (unpaired) electrons. The Labute approximate surface area is 252 Å². The van der Waals surface area contributed by atoms with Crippen LogP contribution < -0.4 is 0 Å². The highest BCUT2D eigenvalue weighted by Crippen LogP contribution is 2.39. The summed E-state index contributed by atoms with van der Waals surface area (Å²) in [5.74, 6) is -1.73. The van der Waals surface area contributed by atoms with Crippen molar-refractivity contribution in [2.24, 2.45) is 22.9 Å². The summed E-state index contributed by atoms with van der Waals surface area (Å²) in [5.41, 5.74) is 11.5. The molecule has 2 fully saturated rings. The number of nitrogens with zero attached hydrogens (tertiary/aromatic N) is 3. The summed E-state index contributed by atoms with van der Waals surface area (Å²) in [6.45, 7) is 8.81.